The molecule has 0 bridgehead atoms. The van der Waals surface area contributed by atoms with E-state index in [1.54, 1.807) is 12.1 Å². The maximum Gasteiger partial charge on any atom is 0.326 e. The number of carbonyl (C=O) groups is 2. The van der Waals surface area contributed by atoms with Gasteiger partial charge in [0, 0.05) is 18.3 Å². The van der Waals surface area contributed by atoms with E-state index >= 15 is 0 Å². The number of nitrogens with zero attached hydrogens (tertiary/aromatic N) is 2. The summed E-state index contributed by atoms with van der Waals surface area (Å²) in [7, 11) is 0. The number of fused-ring (bicyclic) bond motifs is 1. The molecular formula is C16H16N4O2. The molecule has 1 aromatic heterocycles. The van der Waals surface area contributed by atoms with Crippen LogP contribution >= 0.6 is 0 Å². The Bertz CT molecular complexity index is 715. The highest BCUT2D eigenvalue weighted by molar-refractivity contribution is 6.00. The van der Waals surface area contributed by atoms with Gasteiger partial charge < -0.3 is 5.32 Å². The van der Waals surface area contributed by atoms with Crippen molar-refractivity contribution in [3.63, 3.8) is 0 Å². The molecule has 2 aromatic rings. The van der Waals surface area contributed by atoms with Crippen LogP contribution in [0.2, 0.25) is 0 Å². The summed E-state index contributed by atoms with van der Waals surface area (Å²) in [6.45, 7) is 2.01. The third kappa shape index (κ3) is 3.11. The van der Waals surface area contributed by atoms with Gasteiger partial charge in [-0.2, -0.15) is 0 Å². The largest absolute Gasteiger partial charge is 0.326 e. The highest BCUT2D eigenvalue weighted by Crippen LogP contribution is 2.24. The fourth-order valence-electron chi connectivity index (χ4n) is 2.48. The maximum absolute atomic E-state index is 11.9. The second-order valence-electron chi connectivity index (χ2n) is 5.44. The second-order valence-corrected chi connectivity index (χ2v) is 5.44. The predicted octanol–water partition coefficient (Wildman–Crippen LogP) is 2.89. The lowest BCUT2D eigenvalue weighted by atomic mass is 9.88. The average Bonchev–Trinajstić information content (AvgIpc) is 2.47. The second kappa shape index (κ2) is 5.93. The lowest BCUT2D eigenvalue weighted by Crippen LogP contribution is -2.24. The summed E-state index contributed by atoms with van der Waals surface area (Å²) in [6, 6.07) is 8.69. The number of hydrogen-bond donors (Lipinski definition) is 2. The Balaban J connectivity index is 1.72. The molecule has 1 atom stereocenters. The van der Waals surface area contributed by atoms with Gasteiger partial charge in [-0.3, -0.25) is 10.1 Å². The number of Topliss-reactive ketones (excluding diaryl/α,β-unsaturated/α-hetero) is 1. The molecule has 2 amide bonds. The predicted molar refractivity (Wildman–Crippen MR) is 82.9 cm³/mol. The number of carbonyl (C=O) groups excluding carboxylic acids is 2. The zero-order valence-electron chi connectivity index (χ0n) is 12.2. The minimum absolute atomic E-state index is 0.0639. The van der Waals surface area contributed by atoms with Crippen molar-refractivity contribution in [3.05, 3.63) is 47.8 Å². The highest BCUT2D eigenvalue weighted by atomic mass is 16.2. The molecule has 3 rings (SSSR count). The maximum atomic E-state index is 11.9. The van der Waals surface area contributed by atoms with Crippen molar-refractivity contribution in [2.75, 3.05) is 10.6 Å². The van der Waals surface area contributed by atoms with E-state index in [4.69, 9.17) is 0 Å². The van der Waals surface area contributed by atoms with Gasteiger partial charge in [-0.05, 0) is 24.5 Å². The molecule has 1 aliphatic rings. The van der Waals surface area contributed by atoms with Gasteiger partial charge in [-0.15, -0.1) is 0 Å². The first-order valence-electron chi connectivity index (χ1n) is 7.14. The number of benzene rings is 1. The third-order valence-electron chi connectivity index (χ3n) is 3.50. The van der Waals surface area contributed by atoms with Gasteiger partial charge in [-0.25, -0.2) is 14.8 Å². The van der Waals surface area contributed by atoms with Crippen molar-refractivity contribution in [1.29, 1.82) is 0 Å². The van der Waals surface area contributed by atoms with Crippen molar-refractivity contribution < 1.29 is 9.59 Å². The van der Waals surface area contributed by atoms with E-state index in [1.165, 1.54) is 6.20 Å². The van der Waals surface area contributed by atoms with E-state index in [0.29, 0.717) is 23.4 Å². The van der Waals surface area contributed by atoms with Gasteiger partial charge in [0.15, 0.2) is 5.78 Å². The van der Waals surface area contributed by atoms with E-state index < -0.39 is 6.03 Å². The number of amides is 2. The summed E-state index contributed by atoms with van der Waals surface area (Å²) in [5.74, 6) is 0.531. The summed E-state index contributed by atoms with van der Waals surface area (Å²) in [5, 5.41) is 5.28. The zero-order valence-corrected chi connectivity index (χ0v) is 12.2. The minimum Gasteiger partial charge on any atom is -0.308 e. The van der Waals surface area contributed by atoms with E-state index in [9.17, 15) is 9.59 Å². The van der Waals surface area contributed by atoms with Crippen LogP contribution in [0.15, 0.2) is 36.5 Å². The summed E-state index contributed by atoms with van der Waals surface area (Å²) < 4.78 is 0. The fraction of sp³-hybridized carbons (Fsp3) is 0.250. The van der Waals surface area contributed by atoms with Gasteiger partial charge in [-0.1, -0.05) is 25.1 Å². The Hall–Kier alpha value is -2.76. The van der Waals surface area contributed by atoms with Crippen molar-refractivity contribution in [1.82, 2.24) is 9.97 Å². The quantitative estimate of drug-likeness (QED) is 0.892. The van der Waals surface area contributed by atoms with Crippen molar-refractivity contribution >= 4 is 23.5 Å². The molecule has 2 N–H and O–H groups in total. The fourth-order valence-corrected chi connectivity index (χ4v) is 2.48. The van der Waals surface area contributed by atoms with Gasteiger partial charge >= 0.3 is 6.03 Å². The average molecular weight is 296 g/mol. The first-order chi connectivity index (χ1) is 10.6. The summed E-state index contributed by atoms with van der Waals surface area (Å²) in [5.41, 5.74) is 1.95. The minimum atomic E-state index is -0.415. The van der Waals surface area contributed by atoms with E-state index in [-0.39, 0.29) is 17.6 Å². The van der Waals surface area contributed by atoms with Gasteiger partial charge in [0.1, 0.15) is 0 Å². The number of hydrogen-bond acceptors (Lipinski definition) is 4. The third-order valence-corrected chi connectivity index (χ3v) is 3.50. The van der Waals surface area contributed by atoms with Crippen LogP contribution in [0.5, 0.6) is 0 Å². The molecule has 0 spiro atoms. The van der Waals surface area contributed by atoms with Crippen LogP contribution in [-0.2, 0) is 6.42 Å². The van der Waals surface area contributed by atoms with E-state index in [2.05, 4.69) is 20.6 Å². The van der Waals surface area contributed by atoms with Gasteiger partial charge in [0.2, 0.25) is 5.95 Å². The molecule has 0 unspecified atom stereocenters. The zero-order chi connectivity index (χ0) is 15.5. The monoisotopic (exact) mass is 296 g/mol. The highest BCUT2D eigenvalue weighted by Gasteiger charge is 2.24. The molecule has 1 aromatic carbocycles. The molecule has 112 valence electrons. The number of anilines is 2. The van der Waals surface area contributed by atoms with E-state index in [1.807, 2.05) is 25.1 Å². The van der Waals surface area contributed by atoms with Crippen LogP contribution in [0.4, 0.5) is 16.4 Å². The first-order valence-corrected chi connectivity index (χ1v) is 7.14. The molecule has 0 fully saturated rings. The topological polar surface area (TPSA) is 84.0 Å². The van der Waals surface area contributed by atoms with Gasteiger partial charge in [0.25, 0.3) is 0 Å². The van der Waals surface area contributed by atoms with Crippen LogP contribution in [0, 0.1) is 5.92 Å². The Kier molecular flexibility index (Phi) is 3.82. The SMILES string of the molecule is C[C@H]1CC(=O)c2cnc(NC(=O)Nc3ccccc3)nc2C1. The molecule has 1 heterocycles. The number of para-hydroxylation sites is 1. The number of ketones is 1. The van der Waals surface area contributed by atoms with Crippen LogP contribution in [0.1, 0.15) is 29.4 Å². The molecule has 0 saturated carbocycles. The van der Waals surface area contributed by atoms with Crippen LogP contribution in [-0.4, -0.2) is 21.8 Å². The summed E-state index contributed by atoms with van der Waals surface area (Å²) >= 11 is 0. The lowest BCUT2D eigenvalue weighted by molar-refractivity contribution is 0.0951. The van der Waals surface area contributed by atoms with Crippen molar-refractivity contribution in [3.8, 4) is 0 Å². The Labute approximate surface area is 128 Å². The normalized spacial score (nSPS) is 16.8. The van der Waals surface area contributed by atoms with Crippen molar-refractivity contribution in [2.45, 2.75) is 19.8 Å². The summed E-state index contributed by atoms with van der Waals surface area (Å²) in [4.78, 5) is 32.1. The lowest BCUT2D eigenvalue weighted by Gasteiger charge is -2.19. The number of aromatic nitrogens is 2. The Morgan fingerprint density at radius 1 is 1.18 bits per heavy atom. The van der Waals surface area contributed by atoms with Crippen molar-refractivity contribution in [2.24, 2.45) is 5.92 Å². The Morgan fingerprint density at radius 2 is 1.95 bits per heavy atom. The smallest absolute Gasteiger partial charge is 0.308 e. The van der Waals surface area contributed by atoms with Gasteiger partial charge in [0.05, 0.1) is 11.3 Å². The number of rotatable bonds is 2. The molecule has 0 saturated heterocycles. The molecule has 22 heavy (non-hydrogen) atoms. The molecule has 0 radical (unpaired) electrons. The van der Waals surface area contributed by atoms with Crippen LogP contribution in [0.3, 0.4) is 0 Å². The Morgan fingerprint density at radius 3 is 2.73 bits per heavy atom. The molecule has 1 aliphatic carbocycles. The van der Waals surface area contributed by atoms with E-state index in [0.717, 1.165) is 6.42 Å². The van der Waals surface area contributed by atoms with Crippen LogP contribution < -0.4 is 10.6 Å². The van der Waals surface area contributed by atoms with Crippen LogP contribution in [0.25, 0.3) is 0 Å². The summed E-state index contributed by atoms with van der Waals surface area (Å²) in [6.07, 6.45) is 2.74. The molecule has 6 heteroatoms. The number of urea groups is 1. The first kappa shape index (κ1) is 14.2. The number of nitrogens with one attached hydrogen (secondary N) is 2. The standard InChI is InChI=1S/C16H16N4O2/c1-10-7-13-12(14(21)8-10)9-17-15(19-13)20-16(22)18-11-5-3-2-4-6-11/h2-6,9-10H,7-8H2,1H3,(H2,17,18,19,20,22)/t10-/m1/s1. The molecule has 6 nitrogen and oxygen atoms in total. The molecular weight excluding hydrogens is 280 g/mol. The molecule has 0 aliphatic heterocycles.